The van der Waals surface area contributed by atoms with Gasteiger partial charge in [0.2, 0.25) is 11.8 Å². The van der Waals surface area contributed by atoms with Crippen molar-refractivity contribution in [2.24, 2.45) is 0 Å². The van der Waals surface area contributed by atoms with Gasteiger partial charge in [-0.25, -0.2) is 12.8 Å². The van der Waals surface area contributed by atoms with Gasteiger partial charge in [-0.15, -0.1) is 0 Å². The molecular formula is C28H31ClFN3O4S. The number of hydrogen-bond acceptors (Lipinski definition) is 4. The number of amides is 2. The van der Waals surface area contributed by atoms with Crippen molar-refractivity contribution >= 4 is 39.1 Å². The summed E-state index contributed by atoms with van der Waals surface area (Å²) in [6, 6.07) is 18.4. The Balaban J connectivity index is 2.00. The third-order valence-electron chi connectivity index (χ3n) is 6.16. The first-order valence-corrected chi connectivity index (χ1v) is 14.0. The smallest absolute Gasteiger partial charge is 0.264 e. The average molecular weight is 560 g/mol. The SMILES string of the molecule is CC[C@@H](C)NC(=O)[C@H](C)N(Cc1ccc(F)cc1)C(=O)CN(c1ccc(Cl)cc1)S(=O)(=O)c1ccccc1. The Morgan fingerprint density at radius 2 is 1.55 bits per heavy atom. The van der Waals surface area contributed by atoms with Gasteiger partial charge in [0, 0.05) is 17.6 Å². The fourth-order valence-corrected chi connectivity index (χ4v) is 5.25. The second kappa shape index (κ2) is 12.9. The van der Waals surface area contributed by atoms with Crippen molar-refractivity contribution in [3.05, 3.63) is 95.3 Å². The fraction of sp³-hybridized carbons (Fsp3) is 0.286. The Morgan fingerprint density at radius 3 is 2.13 bits per heavy atom. The third kappa shape index (κ3) is 7.33. The summed E-state index contributed by atoms with van der Waals surface area (Å²) in [7, 11) is -4.15. The molecule has 2 amide bonds. The summed E-state index contributed by atoms with van der Waals surface area (Å²) in [5.41, 5.74) is 0.831. The highest BCUT2D eigenvalue weighted by Gasteiger charge is 2.32. The molecule has 0 aliphatic heterocycles. The molecule has 3 aromatic carbocycles. The van der Waals surface area contributed by atoms with Crippen molar-refractivity contribution in [2.75, 3.05) is 10.8 Å². The molecule has 0 saturated carbocycles. The van der Waals surface area contributed by atoms with Crippen molar-refractivity contribution < 1.29 is 22.4 Å². The van der Waals surface area contributed by atoms with E-state index in [1.807, 2.05) is 13.8 Å². The van der Waals surface area contributed by atoms with E-state index in [1.54, 1.807) is 25.1 Å². The van der Waals surface area contributed by atoms with Crippen LogP contribution in [0.3, 0.4) is 0 Å². The van der Waals surface area contributed by atoms with Gasteiger partial charge in [0.15, 0.2) is 0 Å². The maximum Gasteiger partial charge on any atom is 0.264 e. The van der Waals surface area contributed by atoms with E-state index < -0.39 is 34.3 Å². The number of nitrogens with zero attached hydrogens (tertiary/aromatic N) is 2. The molecule has 7 nitrogen and oxygen atoms in total. The summed E-state index contributed by atoms with van der Waals surface area (Å²) >= 11 is 6.02. The Kier molecular flexibility index (Phi) is 9.88. The normalized spacial score (nSPS) is 12.9. The molecule has 10 heteroatoms. The molecule has 0 aromatic heterocycles. The second-order valence-corrected chi connectivity index (χ2v) is 11.2. The number of anilines is 1. The molecular weight excluding hydrogens is 529 g/mol. The van der Waals surface area contributed by atoms with Crippen molar-refractivity contribution in [2.45, 2.75) is 50.7 Å². The summed E-state index contributed by atoms with van der Waals surface area (Å²) < 4.78 is 41.8. The quantitative estimate of drug-likeness (QED) is 0.358. The highest BCUT2D eigenvalue weighted by molar-refractivity contribution is 7.92. The van der Waals surface area contributed by atoms with Crippen LogP contribution in [0.15, 0.2) is 83.8 Å². The van der Waals surface area contributed by atoms with Gasteiger partial charge in [0.25, 0.3) is 10.0 Å². The molecule has 3 rings (SSSR count). The van der Waals surface area contributed by atoms with Gasteiger partial charge in [-0.2, -0.15) is 0 Å². The monoisotopic (exact) mass is 559 g/mol. The van der Waals surface area contributed by atoms with E-state index in [2.05, 4.69) is 5.32 Å². The van der Waals surface area contributed by atoms with Gasteiger partial charge in [-0.3, -0.25) is 13.9 Å². The van der Waals surface area contributed by atoms with Crippen LogP contribution >= 0.6 is 11.6 Å². The predicted molar refractivity (Wildman–Crippen MR) is 147 cm³/mol. The van der Waals surface area contributed by atoms with Crippen molar-refractivity contribution in [1.29, 1.82) is 0 Å². The van der Waals surface area contributed by atoms with Crippen molar-refractivity contribution in [3.63, 3.8) is 0 Å². The number of nitrogens with one attached hydrogen (secondary N) is 1. The maximum atomic E-state index is 13.8. The van der Waals surface area contributed by atoms with Gasteiger partial charge in [0.1, 0.15) is 18.4 Å². The van der Waals surface area contributed by atoms with Crippen LogP contribution in [0.4, 0.5) is 10.1 Å². The molecule has 0 unspecified atom stereocenters. The van der Waals surface area contributed by atoms with E-state index in [4.69, 9.17) is 11.6 Å². The van der Waals surface area contributed by atoms with E-state index in [-0.39, 0.29) is 29.1 Å². The van der Waals surface area contributed by atoms with E-state index in [9.17, 15) is 22.4 Å². The fourth-order valence-electron chi connectivity index (χ4n) is 3.69. The highest BCUT2D eigenvalue weighted by Crippen LogP contribution is 2.26. The minimum Gasteiger partial charge on any atom is -0.352 e. The minimum absolute atomic E-state index is 0.00963. The molecule has 38 heavy (non-hydrogen) atoms. The lowest BCUT2D eigenvalue weighted by Crippen LogP contribution is -2.52. The summed E-state index contributed by atoms with van der Waals surface area (Å²) in [6.45, 7) is 4.77. The molecule has 0 fully saturated rings. The zero-order valence-electron chi connectivity index (χ0n) is 21.5. The van der Waals surface area contributed by atoms with Crippen LogP contribution in [0, 0.1) is 5.82 Å². The topological polar surface area (TPSA) is 86.8 Å². The molecule has 0 saturated heterocycles. The van der Waals surface area contributed by atoms with Crippen LogP contribution in [-0.4, -0.2) is 43.8 Å². The molecule has 0 aliphatic rings. The highest BCUT2D eigenvalue weighted by atomic mass is 35.5. The van der Waals surface area contributed by atoms with Crippen LogP contribution in [0.2, 0.25) is 5.02 Å². The number of rotatable bonds is 11. The number of hydrogen-bond donors (Lipinski definition) is 1. The lowest BCUT2D eigenvalue weighted by Gasteiger charge is -2.32. The molecule has 202 valence electrons. The summed E-state index contributed by atoms with van der Waals surface area (Å²) in [5, 5.41) is 3.28. The largest absolute Gasteiger partial charge is 0.352 e. The number of benzene rings is 3. The average Bonchev–Trinajstić information content (AvgIpc) is 2.91. The van der Waals surface area contributed by atoms with E-state index >= 15 is 0 Å². The summed E-state index contributed by atoms with van der Waals surface area (Å²) in [5.74, 6) is -1.41. The Morgan fingerprint density at radius 1 is 0.947 bits per heavy atom. The van der Waals surface area contributed by atoms with Gasteiger partial charge in [-0.05, 0) is 74.4 Å². The van der Waals surface area contributed by atoms with Crippen LogP contribution < -0.4 is 9.62 Å². The maximum absolute atomic E-state index is 13.8. The molecule has 2 atom stereocenters. The molecule has 0 spiro atoms. The zero-order valence-corrected chi connectivity index (χ0v) is 23.0. The van der Waals surface area contributed by atoms with Crippen molar-refractivity contribution in [1.82, 2.24) is 10.2 Å². The van der Waals surface area contributed by atoms with Crippen molar-refractivity contribution in [3.8, 4) is 0 Å². The molecule has 0 heterocycles. The Bertz CT molecular complexity index is 1340. The lowest BCUT2D eigenvalue weighted by molar-refractivity contribution is -0.139. The minimum atomic E-state index is -4.15. The van der Waals surface area contributed by atoms with E-state index in [0.717, 1.165) is 4.31 Å². The lowest BCUT2D eigenvalue weighted by atomic mass is 10.1. The van der Waals surface area contributed by atoms with E-state index in [1.165, 1.54) is 65.6 Å². The van der Waals surface area contributed by atoms with Crippen LogP contribution in [0.1, 0.15) is 32.8 Å². The molecule has 0 radical (unpaired) electrons. The third-order valence-corrected chi connectivity index (χ3v) is 8.20. The Labute approximate surface area is 228 Å². The summed E-state index contributed by atoms with van der Waals surface area (Å²) in [6.07, 6.45) is 0.698. The molecule has 0 aliphatic carbocycles. The number of sulfonamides is 1. The first kappa shape index (κ1) is 29.1. The molecule has 0 bridgehead atoms. The number of carbonyl (C=O) groups is 2. The number of carbonyl (C=O) groups excluding carboxylic acids is 2. The van der Waals surface area contributed by atoms with Gasteiger partial charge >= 0.3 is 0 Å². The second-order valence-electron chi connectivity index (χ2n) is 8.94. The van der Waals surface area contributed by atoms with Gasteiger partial charge in [0.05, 0.1) is 10.6 Å². The van der Waals surface area contributed by atoms with Crippen LogP contribution in [-0.2, 0) is 26.2 Å². The predicted octanol–water partition coefficient (Wildman–Crippen LogP) is 5.01. The first-order valence-electron chi connectivity index (χ1n) is 12.2. The van der Waals surface area contributed by atoms with E-state index in [0.29, 0.717) is 17.0 Å². The zero-order chi connectivity index (χ0) is 27.9. The molecule has 3 aromatic rings. The molecule has 1 N–H and O–H groups in total. The van der Waals surface area contributed by atoms with Gasteiger partial charge in [-0.1, -0.05) is 48.9 Å². The standard InChI is InChI=1S/C28H31ClFN3O4S/c1-4-20(2)31-28(35)21(3)32(18-22-10-14-24(30)15-11-22)27(34)19-33(25-16-12-23(29)13-17-25)38(36,37)26-8-6-5-7-9-26/h5-17,20-21H,4,18-19H2,1-3H3,(H,31,35)/t20-,21+/m1/s1. The van der Waals surface area contributed by atoms with Crippen LogP contribution in [0.25, 0.3) is 0 Å². The first-order chi connectivity index (χ1) is 18.0. The summed E-state index contributed by atoms with van der Waals surface area (Å²) in [4.78, 5) is 28.1. The Hall–Kier alpha value is -3.43. The van der Waals surface area contributed by atoms with Gasteiger partial charge < -0.3 is 10.2 Å². The number of halogens is 2. The van der Waals surface area contributed by atoms with Crippen LogP contribution in [0.5, 0.6) is 0 Å².